The molecule has 0 radical (unpaired) electrons. The summed E-state index contributed by atoms with van der Waals surface area (Å²) in [7, 11) is 0. The lowest BCUT2D eigenvalue weighted by molar-refractivity contribution is -0.0215. The van der Waals surface area contributed by atoms with E-state index in [1.54, 1.807) is 0 Å². The van der Waals surface area contributed by atoms with Crippen LogP contribution in [0.15, 0.2) is 18.2 Å². The third-order valence-corrected chi connectivity index (χ3v) is 3.92. The van der Waals surface area contributed by atoms with E-state index in [0.29, 0.717) is 0 Å². The van der Waals surface area contributed by atoms with E-state index >= 15 is 0 Å². The molecular weight excluding hydrogens is 226 g/mol. The number of fused-ring (bicyclic) bond motifs is 1. The summed E-state index contributed by atoms with van der Waals surface area (Å²) >= 11 is 0. The highest BCUT2D eigenvalue weighted by Gasteiger charge is 2.28. The maximum absolute atomic E-state index is 5.97. The highest BCUT2D eigenvalue weighted by Crippen LogP contribution is 2.29. The molecule has 98 valence electrons. The summed E-state index contributed by atoms with van der Waals surface area (Å²) < 4.78 is 11.5. The van der Waals surface area contributed by atoms with Crippen LogP contribution >= 0.6 is 0 Å². The van der Waals surface area contributed by atoms with E-state index in [1.807, 2.05) is 0 Å². The molecule has 1 saturated heterocycles. The zero-order valence-electron chi connectivity index (χ0n) is 11.0. The lowest BCUT2D eigenvalue weighted by Crippen LogP contribution is -2.34. The van der Waals surface area contributed by atoms with E-state index in [1.165, 1.54) is 17.5 Å². The molecule has 3 rings (SSSR count). The lowest BCUT2D eigenvalue weighted by atomic mass is 9.86. The fraction of sp³-hybridized carbons (Fsp3) is 0.600. The standard InChI is InChI=1S/C15H21NO2/c1-15(5-2-6-17-10-15)11-18-14-4-3-12-8-16-9-13(12)7-14/h3-4,7,16H,2,5-6,8-11H2,1H3. The van der Waals surface area contributed by atoms with Gasteiger partial charge in [-0.15, -0.1) is 0 Å². The molecule has 1 aromatic carbocycles. The van der Waals surface area contributed by atoms with Crippen molar-refractivity contribution in [1.29, 1.82) is 0 Å². The van der Waals surface area contributed by atoms with Gasteiger partial charge in [0.25, 0.3) is 0 Å². The summed E-state index contributed by atoms with van der Waals surface area (Å²) in [5, 5.41) is 3.35. The molecule has 0 bridgehead atoms. The third-order valence-electron chi connectivity index (χ3n) is 3.92. The van der Waals surface area contributed by atoms with Gasteiger partial charge in [-0.3, -0.25) is 0 Å². The molecule has 1 atom stereocenters. The molecule has 18 heavy (non-hydrogen) atoms. The van der Waals surface area contributed by atoms with Gasteiger partial charge in [0.2, 0.25) is 0 Å². The molecular formula is C15H21NO2. The molecule has 0 aromatic heterocycles. The molecule has 0 amide bonds. The first-order chi connectivity index (χ1) is 8.75. The minimum atomic E-state index is 0.176. The Bertz CT molecular complexity index is 425. The molecule has 3 heteroatoms. The number of hydrogen-bond acceptors (Lipinski definition) is 3. The zero-order chi connectivity index (χ0) is 12.4. The fourth-order valence-corrected chi connectivity index (χ4v) is 2.72. The molecule has 0 aliphatic carbocycles. The Kier molecular flexibility index (Phi) is 3.27. The Labute approximate surface area is 108 Å². The van der Waals surface area contributed by atoms with Crippen LogP contribution in [0.4, 0.5) is 0 Å². The summed E-state index contributed by atoms with van der Waals surface area (Å²) in [6.07, 6.45) is 2.34. The van der Waals surface area contributed by atoms with Crippen LogP contribution in [0.3, 0.4) is 0 Å². The van der Waals surface area contributed by atoms with Crippen molar-refractivity contribution in [3.63, 3.8) is 0 Å². The van der Waals surface area contributed by atoms with Gasteiger partial charge in [0.05, 0.1) is 13.2 Å². The minimum absolute atomic E-state index is 0.176. The highest BCUT2D eigenvalue weighted by atomic mass is 16.5. The van der Waals surface area contributed by atoms with Gasteiger partial charge in [0.15, 0.2) is 0 Å². The largest absolute Gasteiger partial charge is 0.493 e. The van der Waals surface area contributed by atoms with E-state index in [4.69, 9.17) is 9.47 Å². The van der Waals surface area contributed by atoms with Crippen molar-refractivity contribution in [3.8, 4) is 5.75 Å². The Hall–Kier alpha value is -1.06. The third kappa shape index (κ3) is 2.52. The van der Waals surface area contributed by atoms with E-state index in [9.17, 15) is 0 Å². The lowest BCUT2D eigenvalue weighted by Gasteiger charge is -2.33. The number of rotatable bonds is 3. The van der Waals surface area contributed by atoms with Gasteiger partial charge >= 0.3 is 0 Å². The van der Waals surface area contributed by atoms with Gasteiger partial charge in [0.1, 0.15) is 5.75 Å². The van der Waals surface area contributed by atoms with Crippen molar-refractivity contribution in [1.82, 2.24) is 5.32 Å². The van der Waals surface area contributed by atoms with E-state index in [2.05, 4.69) is 30.4 Å². The second-order valence-electron chi connectivity index (χ2n) is 5.79. The second-order valence-corrected chi connectivity index (χ2v) is 5.79. The fourth-order valence-electron chi connectivity index (χ4n) is 2.72. The van der Waals surface area contributed by atoms with Crippen molar-refractivity contribution >= 4 is 0 Å². The van der Waals surface area contributed by atoms with E-state index in [-0.39, 0.29) is 5.41 Å². The Balaban J connectivity index is 1.62. The first-order valence-electron chi connectivity index (χ1n) is 6.78. The monoisotopic (exact) mass is 247 g/mol. The number of nitrogens with one attached hydrogen (secondary N) is 1. The number of hydrogen-bond donors (Lipinski definition) is 1. The van der Waals surface area contributed by atoms with Gasteiger partial charge in [-0.05, 0) is 36.1 Å². The molecule has 3 nitrogen and oxygen atoms in total. The normalized spacial score (nSPS) is 26.9. The Morgan fingerprint density at radius 3 is 3.06 bits per heavy atom. The van der Waals surface area contributed by atoms with Gasteiger partial charge in [-0.2, -0.15) is 0 Å². The second kappa shape index (κ2) is 4.90. The predicted molar refractivity (Wildman–Crippen MR) is 70.6 cm³/mol. The molecule has 2 heterocycles. The van der Waals surface area contributed by atoms with E-state index in [0.717, 1.165) is 45.1 Å². The quantitative estimate of drug-likeness (QED) is 0.890. The molecule has 1 fully saturated rings. The minimum Gasteiger partial charge on any atom is -0.493 e. The van der Waals surface area contributed by atoms with Crippen molar-refractivity contribution < 1.29 is 9.47 Å². The Morgan fingerprint density at radius 1 is 1.33 bits per heavy atom. The maximum atomic E-state index is 5.97. The zero-order valence-corrected chi connectivity index (χ0v) is 11.0. The van der Waals surface area contributed by atoms with Crippen LogP contribution in [0, 0.1) is 5.41 Å². The molecule has 1 N–H and O–H groups in total. The van der Waals surface area contributed by atoms with Gasteiger partial charge in [-0.25, -0.2) is 0 Å². The molecule has 1 aromatic rings. The molecule has 0 saturated carbocycles. The van der Waals surface area contributed by atoms with Crippen LogP contribution in [0.5, 0.6) is 5.75 Å². The van der Waals surface area contributed by atoms with E-state index < -0.39 is 0 Å². The summed E-state index contributed by atoms with van der Waals surface area (Å²) in [5.74, 6) is 0.990. The van der Waals surface area contributed by atoms with Gasteiger partial charge in [0, 0.05) is 25.1 Å². The first kappa shape index (κ1) is 12.0. The molecule has 0 spiro atoms. The average Bonchev–Trinajstić information content (AvgIpc) is 2.85. The molecule has 1 unspecified atom stereocenters. The average molecular weight is 247 g/mol. The van der Waals surface area contributed by atoms with Crippen molar-refractivity contribution in [3.05, 3.63) is 29.3 Å². The summed E-state index contributed by atoms with van der Waals surface area (Å²) in [4.78, 5) is 0. The van der Waals surface area contributed by atoms with Crippen LogP contribution in [-0.4, -0.2) is 19.8 Å². The molecule has 2 aliphatic heterocycles. The summed E-state index contributed by atoms with van der Waals surface area (Å²) in [6, 6.07) is 6.42. The van der Waals surface area contributed by atoms with Crippen molar-refractivity contribution in [2.45, 2.75) is 32.9 Å². The van der Waals surface area contributed by atoms with Crippen molar-refractivity contribution in [2.24, 2.45) is 5.41 Å². The number of benzene rings is 1. The van der Waals surface area contributed by atoms with Gasteiger partial charge in [-0.1, -0.05) is 13.0 Å². The van der Waals surface area contributed by atoms with Crippen LogP contribution in [0.1, 0.15) is 30.9 Å². The highest BCUT2D eigenvalue weighted by molar-refractivity contribution is 5.37. The smallest absolute Gasteiger partial charge is 0.119 e. The van der Waals surface area contributed by atoms with Crippen molar-refractivity contribution in [2.75, 3.05) is 19.8 Å². The van der Waals surface area contributed by atoms with Gasteiger partial charge < -0.3 is 14.8 Å². The summed E-state index contributed by atoms with van der Waals surface area (Å²) in [6.45, 7) is 6.67. The Morgan fingerprint density at radius 2 is 2.22 bits per heavy atom. The van der Waals surface area contributed by atoms with Crippen LogP contribution in [0.2, 0.25) is 0 Å². The van der Waals surface area contributed by atoms with Crippen LogP contribution in [0.25, 0.3) is 0 Å². The predicted octanol–water partition coefficient (Wildman–Crippen LogP) is 2.49. The van der Waals surface area contributed by atoms with Crippen LogP contribution < -0.4 is 10.1 Å². The molecule has 2 aliphatic rings. The topological polar surface area (TPSA) is 30.5 Å². The first-order valence-corrected chi connectivity index (χ1v) is 6.78. The number of ether oxygens (including phenoxy) is 2. The summed E-state index contributed by atoms with van der Waals surface area (Å²) in [5.41, 5.74) is 2.95. The SMILES string of the molecule is CC1(COc2ccc3c(c2)CNC3)CCCOC1. The van der Waals surface area contributed by atoms with Crippen LogP contribution in [-0.2, 0) is 17.8 Å². The maximum Gasteiger partial charge on any atom is 0.119 e.